The number of amides is 3. The van der Waals surface area contributed by atoms with Crippen LogP contribution in [0, 0.1) is 0 Å². The van der Waals surface area contributed by atoms with E-state index in [1.165, 1.54) is 27.4 Å². The van der Waals surface area contributed by atoms with Crippen molar-refractivity contribution in [2.45, 2.75) is 0 Å². The highest BCUT2D eigenvalue weighted by Gasteiger charge is 2.15. The first-order chi connectivity index (χ1) is 16.4. The predicted molar refractivity (Wildman–Crippen MR) is 121 cm³/mol. The maximum Gasteiger partial charge on any atom is 0.331 e. The minimum absolute atomic E-state index is 0.403. The number of hydrogen-bond acceptors (Lipinski definition) is 9. The summed E-state index contributed by atoms with van der Waals surface area (Å²) in [6.07, 6.45) is 2.59. The summed E-state index contributed by atoms with van der Waals surface area (Å²) in [5, 5.41) is 4.56. The molecule has 0 aliphatic carbocycles. The summed E-state index contributed by atoms with van der Waals surface area (Å²) >= 11 is 0. The molecule has 0 unspecified atom stereocenters. The van der Waals surface area contributed by atoms with Crippen molar-refractivity contribution in [1.82, 2.24) is 5.32 Å². The molecule has 1 aliphatic heterocycles. The van der Waals surface area contributed by atoms with E-state index in [-0.39, 0.29) is 0 Å². The zero-order valence-electron chi connectivity index (χ0n) is 18.8. The molecule has 0 spiro atoms. The maximum absolute atomic E-state index is 12.0. The van der Waals surface area contributed by atoms with Crippen molar-refractivity contribution >= 4 is 29.7 Å². The van der Waals surface area contributed by atoms with Crippen molar-refractivity contribution in [2.24, 2.45) is 0 Å². The molecule has 0 saturated heterocycles. The van der Waals surface area contributed by atoms with Crippen LogP contribution in [0.25, 0.3) is 6.08 Å². The van der Waals surface area contributed by atoms with Crippen molar-refractivity contribution in [1.29, 1.82) is 0 Å². The van der Waals surface area contributed by atoms with Gasteiger partial charge in [0.2, 0.25) is 5.75 Å². The van der Waals surface area contributed by atoms with E-state index in [1.54, 1.807) is 30.3 Å². The van der Waals surface area contributed by atoms with Crippen LogP contribution in [-0.4, -0.2) is 59.1 Å². The standard InChI is InChI=1S/C23H24N2O9/c1-29-18-10-14(11-19(30-2)22(18)31-3)4-7-21(27)34-13-20(26)25-23(28)24-15-5-6-16-17(12-15)33-9-8-32-16/h4-7,10-12H,8-9,13H2,1-3H3,(H2,24,25,26,28). The van der Waals surface area contributed by atoms with E-state index in [2.05, 4.69) is 10.6 Å². The molecule has 3 amide bonds. The molecule has 34 heavy (non-hydrogen) atoms. The Morgan fingerprint density at radius 2 is 1.62 bits per heavy atom. The quantitative estimate of drug-likeness (QED) is 0.439. The fraction of sp³-hybridized carbons (Fsp3) is 0.261. The van der Waals surface area contributed by atoms with Crippen molar-refractivity contribution in [3.8, 4) is 28.7 Å². The number of carbonyl (C=O) groups is 3. The lowest BCUT2D eigenvalue weighted by atomic mass is 10.1. The molecule has 1 aliphatic rings. The number of hydrogen-bond donors (Lipinski definition) is 2. The summed E-state index contributed by atoms with van der Waals surface area (Å²) in [7, 11) is 4.43. The van der Waals surface area contributed by atoms with Crippen LogP contribution in [0.4, 0.5) is 10.5 Å². The summed E-state index contributed by atoms with van der Waals surface area (Å²) in [6.45, 7) is 0.207. The van der Waals surface area contributed by atoms with E-state index in [4.69, 9.17) is 28.4 Å². The molecular formula is C23H24N2O9. The fourth-order valence-corrected chi connectivity index (χ4v) is 2.99. The van der Waals surface area contributed by atoms with Gasteiger partial charge >= 0.3 is 12.0 Å². The Bertz CT molecular complexity index is 1070. The minimum atomic E-state index is -0.801. The van der Waals surface area contributed by atoms with Gasteiger partial charge in [-0.05, 0) is 35.9 Å². The third kappa shape index (κ3) is 6.31. The molecule has 2 aromatic carbocycles. The minimum Gasteiger partial charge on any atom is -0.493 e. The summed E-state index contributed by atoms with van der Waals surface area (Å²) in [4.78, 5) is 35.9. The highest BCUT2D eigenvalue weighted by Crippen LogP contribution is 2.38. The van der Waals surface area contributed by atoms with Gasteiger partial charge in [-0.25, -0.2) is 9.59 Å². The van der Waals surface area contributed by atoms with E-state index in [0.717, 1.165) is 6.08 Å². The highest BCUT2D eigenvalue weighted by atomic mass is 16.6. The molecule has 2 aromatic rings. The second kappa shape index (κ2) is 11.5. The molecule has 0 bridgehead atoms. The fourth-order valence-electron chi connectivity index (χ4n) is 2.99. The third-order valence-corrected chi connectivity index (χ3v) is 4.50. The smallest absolute Gasteiger partial charge is 0.331 e. The van der Waals surface area contributed by atoms with Crippen molar-refractivity contribution in [3.63, 3.8) is 0 Å². The Labute approximate surface area is 195 Å². The molecule has 0 fully saturated rings. The number of imide groups is 1. The van der Waals surface area contributed by atoms with Gasteiger partial charge in [0.1, 0.15) is 13.2 Å². The molecule has 0 aromatic heterocycles. The van der Waals surface area contributed by atoms with Gasteiger partial charge < -0.3 is 33.7 Å². The molecular weight excluding hydrogens is 448 g/mol. The Morgan fingerprint density at radius 1 is 0.941 bits per heavy atom. The zero-order chi connectivity index (χ0) is 24.5. The van der Waals surface area contributed by atoms with Crippen LogP contribution in [0.3, 0.4) is 0 Å². The number of rotatable bonds is 8. The van der Waals surface area contributed by atoms with Crippen molar-refractivity contribution in [2.75, 3.05) is 46.5 Å². The number of anilines is 1. The number of benzene rings is 2. The van der Waals surface area contributed by atoms with Crippen LogP contribution in [-0.2, 0) is 14.3 Å². The van der Waals surface area contributed by atoms with Crippen LogP contribution in [0.2, 0.25) is 0 Å². The predicted octanol–water partition coefficient (Wildman–Crippen LogP) is 2.39. The summed E-state index contributed by atoms with van der Waals surface area (Å²) in [5.74, 6) is 0.719. The number of urea groups is 1. The topological polar surface area (TPSA) is 131 Å². The zero-order valence-corrected chi connectivity index (χ0v) is 18.8. The number of carbonyl (C=O) groups excluding carboxylic acids is 3. The second-order valence-corrected chi connectivity index (χ2v) is 6.76. The number of fused-ring (bicyclic) bond motifs is 1. The molecule has 0 radical (unpaired) electrons. The second-order valence-electron chi connectivity index (χ2n) is 6.76. The SMILES string of the molecule is COc1cc(C=CC(=O)OCC(=O)NC(=O)Nc2ccc3c(c2)OCCO3)cc(OC)c1OC. The van der Waals surface area contributed by atoms with Gasteiger partial charge in [-0.2, -0.15) is 0 Å². The Morgan fingerprint density at radius 3 is 2.26 bits per heavy atom. The summed E-state index contributed by atoms with van der Waals surface area (Å²) in [6, 6.07) is 7.32. The molecule has 11 heteroatoms. The molecule has 180 valence electrons. The largest absolute Gasteiger partial charge is 0.493 e. The van der Waals surface area contributed by atoms with Gasteiger partial charge in [-0.3, -0.25) is 10.1 Å². The van der Waals surface area contributed by atoms with Gasteiger partial charge in [0.05, 0.1) is 21.3 Å². The lowest BCUT2D eigenvalue weighted by Gasteiger charge is -2.19. The monoisotopic (exact) mass is 472 g/mol. The Hall–Kier alpha value is -4.41. The third-order valence-electron chi connectivity index (χ3n) is 4.50. The molecule has 3 rings (SSSR count). The first-order valence-electron chi connectivity index (χ1n) is 10.1. The Balaban J connectivity index is 1.48. The van der Waals surface area contributed by atoms with E-state index in [0.29, 0.717) is 53.2 Å². The van der Waals surface area contributed by atoms with Crippen molar-refractivity contribution < 1.29 is 42.8 Å². The molecule has 11 nitrogen and oxygen atoms in total. The van der Waals surface area contributed by atoms with Crippen LogP contribution in [0.5, 0.6) is 28.7 Å². The van der Waals surface area contributed by atoms with Gasteiger partial charge in [-0.15, -0.1) is 0 Å². The molecule has 2 N–H and O–H groups in total. The normalized spacial score (nSPS) is 12.0. The maximum atomic E-state index is 12.0. The molecule has 0 saturated carbocycles. The highest BCUT2D eigenvalue weighted by molar-refractivity contribution is 6.02. The first kappa shape index (κ1) is 24.2. The van der Waals surface area contributed by atoms with Gasteiger partial charge in [-0.1, -0.05) is 0 Å². The van der Waals surface area contributed by atoms with Gasteiger partial charge in [0.15, 0.2) is 29.6 Å². The average molecular weight is 472 g/mol. The van der Waals surface area contributed by atoms with Gasteiger partial charge in [0, 0.05) is 17.8 Å². The van der Waals surface area contributed by atoms with E-state index in [9.17, 15) is 14.4 Å². The van der Waals surface area contributed by atoms with E-state index in [1.807, 2.05) is 0 Å². The molecule has 0 atom stereocenters. The lowest BCUT2D eigenvalue weighted by Crippen LogP contribution is -2.37. The number of ether oxygens (including phenoxy) is 6. The Kier molecular flexibility index (Phi) is 8.16. The van der Waals surface area contributed by atoms with Crippen LogP contribution < -0.4 is 34.3 Å². The summed E-state index contributed by atoms with van der Waals surface area (Å²) in [5.41, 5.74) is 0.981. The van der Waals surface area contributed by atoms with Crippen molar-refractivity contribution in [3.05, 3.63) is 42.0 Å². The van der Waals surface area contributed by atoms with Crippen LogP contribution >= 0.6 is 0 Å². The van der Waals surface area contributed by atoms with Crippen LogP contribution in [0.15, 0.2) is 36.4 Å². The average Bonchev–Trinajstić information content (AvgIpc) is 2.85. The van der Waals surface area contributed by atoms with Crippen LogP contribution in [0.1, 0.15) is 5.56 Å². The van der Waals surface area contributed by atoms with E-state index >= 15 is 0 Å². The first-order valence-corrected chi connectivity index (χ1v) is 10.1. The summed E-state index contributed by atoms with van der Waals surface area (Å²) < 4.78 is 31.5. The number of nitrogens with one attached hydrogen (secondary N) is 2. The lowest BCUT2D eigenvalue weighted by molar-refractivity contribution is -0.143. The van der Waals surface area contributed by atoms with Gasteiger partial charge in [0.25, 0.3) is 5.91 Å². The number of methoxy groups -OCH3 is 3. The molecule has 1 heterocycles. The number of esters is 1. The van der Waals surface area contributed by atoms with E-state index < -0.39 is 24.5 Å².